The van der Waals surface area contributed by atoms with Crippen LogP contribution in [0.1, 0.15) is 13.3 Å². The average Bonchev–Trinajstić information content (AvgIpc) is 2.15. The van der Waals surface area contributed by atoms with Crippen LogP contribution in [0.5, 0.6) is 0 Å². The van der Waals surface area contributed by atoms with Gasteiger partial charge in [-0.1, -0.05) is 0 Å². The molecule has 1 saturated heterocycles. The lowest BCUT2D eigenvalue weighted by molar-refractivity contribution is -0.117. The van der Waals surface area contributed by atoms with E-state index in [1.807, 2.05) is 0 Å². The average molecular weight is 182 g/mol. The predicted octanol–water partition coefficient (Wildman–Crippen LogP) is 0.190. The van der Waals surface area contributed by atoms with Gasteiger partial charge in [0.1, 0.15) is 5.78 Å². The molecule has 0 N–H and O–H groups in total. The molecule has 1 heterocycles. The van der Waals surface area contributed by atoms with Crippen molar-refractivity contribution in [2.45, 2.75) is 19.4 Å². The molecule has 13 heavy (non-hydrogen) atoms. The van der Waals surface area contributed by atoms with Crippen molar-refractivity contribution in [3.05, 3.63) is 0 Å². The lowest BCUT2D eigenvalue weighted by Gasteiger charge is -2.29. The minimum Gasteiger partial charge on any atom is -0.361 e. The van der Waals surface area contributed by atoms with Crippen molar-refractivity contribution >= 4 is 5.78 Å². The van der Waals surface area contributed by atoms with E-state index in [-0.39, 0.29) is 11.9 Å². The number of morpholine rings is 1. The van der Waals surface area contributed by atoms with Crippen LogP contribution in [0.4, 0.5) is 0 Å². The molecule has 1 rings (SSSR count). The molecule has 1 aliphatic heterocycles. The van der Waals surface area contributed by atoms with E-state index < -0.39 is 0 Å². The summed E-state index contributed by atoms with van der Waals surface area (Å²) in [5.41, 5.74) is 0. The molecular weight excluding hydrogens is 168 g/mol. The summed E-state index contributed by atoms with van der Waals surface area (Å²) in [6.45, 7) is 4.38. The molecule has 0 bridgehead atoms. The molecule has 4 nitrogen and oxygen atoms in total. The highest BCUT2D eigenvalue weighted by Gasteiger charge is 2.19. The largest absolute Gasteiger partial charge is 0.361 e. The van der Waals surface area contributed by atoms with Gasteiger partial charge in [-0.05, 0) is 6.92 Å². The maximum atomic E-state index is 10.7. The van der Waals surface area contributed by atoms with Gasteiger partial charge in [0.25, 0.3) is 0 Å². The molecular formula is C9H14N2O2. The molecule has 0 aromatic heterocycles. The van der Waals surface area contributed by atoms with Gasteiger partial charge in [-0.2, -0.15) is 5.26 Å². The van der Waals surface area contributed by atoms with Gasteiger partial charge in [0.05, 0.1) is 12.7 Å². The lowest BCUT2D eigenvalue weighted by Crippen LogP contribution is -2.42. The van der Waals surface area contributed by atoms with Crippen molar-refractivity contribution < 1.29 is 9.53 Å². The number of hydrogen-bond donors (Lipinski definition) is 0. The summed E-state index contributed by atoms with van der Waals surface area (Å²) in [5.74, 6) is 0.194. The Hall–Kier alpha value is -0.920. The zero-order valence-electron chi connectivity index (χ0n) is 7.82. The first-order valence-corrected chi connectivity index (χ1v) is 4.45. The van der Waals surface area contributed by atoms with Gasteiger partial charge >= 0.3 is 0 Å². The topological polar surface area (TPSA) is 53.3 Å². The Bertz CT molecular complexity index is 222. The molecule has 4 heteroatoms. The van der Waals surface area contributed by atoms with Gasteiger partial charge in [0.2, 0.25) is 0 Å². The first-order chi connectivity index (χ1) is 6.22. The van der Waals surface area contributed by atoms with Crippen LogP contribution in [-0.4, -0.2) is 43.0 Å². The molecule has 0 aromatic rings. The van der Waals surface area contributed by atoms with Crippen molar-refractivity contribution in [3.8, 4) is 6.07 Å². The first-order valence-electron chi connectivity index (χ1n) is 4.45. The van der Waals surface area contributed by atoms with Crippen LogP contribution >= 0.6 is 0 Å². The molecule has 1 fully saturated rings. The van der Waals surface area contributed by atoms with E-state index in [0.29, 0.717) is 19.6 Å². The maximum absolute atomic E-state index is 10.7. The third-order valence-electron chi connectivity index (χ3n) is 2.07. The third kappa shape index (κ3) is 3.53. The Morgan fingerprint density at radius 2 is 2.54 bits per heavy atom. The number of ether oxygens (including phenoxy) is 1. The Balaban J connectivity index is 2.27. The van der Waals surface area contributed by atoms with Gasteiger partial charge in [-0.15, -0.1) is 0 Å². The van der Waals surface area contributed by atoms with Crippen LogP contribution < -0.4 is 0 Å². The highest BCUT2D eigenvalue weighted by molar-refractivity contribution is 5.75. The highest BCUT2D eigenvalue weighted by Crippen LogP contribution is 2.04. The minimum atomic E-state index is -0.319. The fourth-order valence-corrected chi connectivity index (χ4v) is 1.30. The molecule has 0 aliphatic carbocycles. The van der Waals surface area contributed by atoms with Crippen LogP contribution in [0, 0.1) is 11.3 Å². The highest BCUT2D eigenvalue weighted by atomic mass is 16.5. The summed E-state index contributed by atoms with van der Waals surface area (Å²) in [6.07, 6.45) is 0.249. The number of carbonyl (C=O) groups excluding carboxylic acids is 1. The van der Waals surface area contributed by atoms with E-state index in [2.05, 4.69) is 11.0 Å². The normalized spacial score (nSPS) is 23.8. The number of nitrogens with zero attached hydrogens (tertiary/aromatic N) is 2. The molecule has 0 spiro atoms. The van der Waals surface area contributed by atoms with Gasteiger partial charge in [0.15, 0.2) is 6.10 Å². The fraction of sp³-hybridized carbons (Fsp3) is 0.778. The monoisotopic (exact) mass is 182 g/mol. The van der Waals surface area contributed by atoms with Crippen molar-refractivity contribution in [2.75, 3.05) is 26.2 Å². The smallest absolute Gasteiger partial charge is 0.156 e. The number of ketones is 1. The van der Waals surface area contributed by atoms with Crippen molar-refractivity contribution in [3.63, 3.8) is 0 Å². The lowest BCUT2D eigenvalue weighted by atomic mass is 10.2. The van der Waals surface area contributed by atoms with E-state index >= 15 is 0 Å². The molecule has 0 saturated carbocycles. The van der Waals surface area contributed by atoms with E-state index in [0.717, 1.165) is 13.1 Å². The van der Waals surface area contributed by atoms with E-state index in [9.17, 15) is 4.79 Å². The van der Waals surface area contributed by atoms with Crippen LogP contribution in [0.25, 0.3) is 0 Å². The molecule has 1 atom stereocenters. The Morgan fingerprint density at radius 1 is 1.77 bits per heavy atom. The summed E-state index contributed by atoms with van der Waals surface area (Å²) < 4.78 is 5.18. The number of carbonyl (C=O) groups is 1. The second-order valence-corrected chi connectivity index (χ2v) is 3.24. The Morgan fingerprint density at radius 3 is 3.15 bits per heavy atom. The molecule has 72 valence electrons. The van der Waals surface area contributed by atoms with E-state index in [1.165, 1.54) is 0 Å². The SMILES string of the molecule is CC(=O)CCN1CCOC(C#N)C1. The van der Waals surface area contributed by atoms with E-state index in [4.69, 9.17) is 10.00 Å². The number of nitriles is 1. The summed E-state index contributed by atoms with van der Waals surface area (Å²) >= 11 is 0. The zero-order chi connectivity index (χ0) is 9.68. The van der Waals surface area contributed by atoms with Crippen LogP contribution in [0.3, 0.4) is 0 Å². The molecule has 1 unspecified atom stereocenters. The fourth-order valence-electron chi connectivity index (χ4n) is 1.30. The Labute approximate surface area is 78.1 Å². The minimum absolute atomic E-state index is 0.194. The molecule has 0 amide bonds. The maximum Gasteiger partial charge on any atom is 0.156 e. The summed E-state index contributed by atoms with van der Waals surface area (Å²) in [7, 11) is 0. The number of Topliss-reactive ketones (excluding diaryl/α,β-unsaturated/α-hetero) is 1. The summed E-state index contributed by atoms with van der Waals surface area (Å²) in [5, 5.41) is 8.62. The predicted molar refractivity (Wildman–Crippen MR) is 47.1 cm³/mol. The second kappa shape index (κ2) is 4.95. The molecule has 1 aliphatic rings. The van der Waals surface area contributed by atoms with Gasteiger partial charge in [-0.3, -0.25) is 9.69 Å². The van der Waals surface area contributed by atoms with Gasteiger partial charge in [-0.25, -0.2) is 0 Å². The van der Waals surface area contributed by atoms with E-state index in [1.54, 1.807) is 6.92 Å². The number of hydrogen-bond acceptors (Lipinski definition) is 4. The van der Waals surface area contributed by atoms with Gasteiger partial charge < -0.3 is 4.74 Å². The second-order valence-electron chi connectivity index (χ2n) is 3.24. The van der Waals surface area contributed by atoms with Crippen LogP contribution in [0.2, 0.25) is 0 Å². The Kier molecular flexibility index (Phi) is 3.87. The number of rotatable bonds is 3. The first kappa shape index (κ1) is 10.2. The summed E-state index contributed by atoms with van der Waals surface area (Å²) in [4.78, 5) is 12.8. The quantitative estimate of drug-likeness (QED) is 0.625. The van der Waals surface area contributed by atoms with Crippen molar-refractivity contribution in [1.29, 1.82) is 5.26 Å². The van der Waals surface area contributed by atoms with Crippen molar-refractivity contribution in [1.82, 2.24) is 4.90 Å². The van der Waals surface area contributed by atoms with Crippen LogP contribution in [0.15, 0.2) is 0 Å². The molecule has 0 radical (unpaired) electrons. The third-order valence-corrected chi connectivity index (χ3v) is 2.07. The van der Waals surface area contributed by atoms with Crippen LogP contribution in [-0.2, 0) is 9.53 Å². The van der Waals surface area contributed by atoms with Crippen molar-refractivity contribution in [2.24, 2.45) is 0 Å². The summed E-state index contributed by atoms with van der Waals surface area (Å²) in [6, 6.07) is 2.07. The van der Waals surface area contributed by atoms with Gasteiger partial charge in [0, 0.05) is 26.1 Å². The zero-order valence-corrected chi connectivity index (χ0v) is 7.82. The standard InChI is InChI=1S/C9H14N2O2/c1-8(12)2-3-11-4-5-13-9(6-10)7-11/h9H,2-5,7H2,1H3. The molecule has 0 aromatic carbocycles.